The van der Waals surface area contributed by atoms with Crippen molar-refractivity contribution in [2.45, 2.75) is 51.7 Å². The minimum Gasteiger partial charge on any atom is -0.281 e. The number of benzene rings is 1. The second kappa shape index (κ2) is 8.50. The fourth-order valence-corrected chi connectivity index (χ4v) is 2.40. The molecule has 2 heteroatoms. The summed E-state index contributed by atoms with van der Waals surface area (Å²) in [6.07, 6.45) is 5.13. The third kappa shape index (κ3) is 4.89. The summed E-state index contributed by atoms with van der Waals surface area (Å²) in [5.41, 5.74) is 1.26. The van der Waals surface area contributed by atoms with Crippen LogP contribution in [0.4, 0.5) is 0 Å². The lowest BCUT2D eigenvalue weighted by molar-refractivity contribution is 0.154. The first-order valence-electron chi connectivity index (χ1n) is 7.03. The normalized spacial score (nSPS) is 13.8. The Hall–Kier alpha value is -1.59. The second-order valence-electron chi connectivity index (χ2n) is 4.93. The van der Waals surface area contributed by atoms with Gasteiger partial charge in [0.25, 0.3) is 0 Å². The lowest BCUT2D eigenvalue weighted by Gasteiger charge is -2.33. The van der Waals surface area contributed by atoms with Crippen LogP contribution in [0.5, 0.6) is 0 Å². The van der Waals surface area contributed by atoms with Gasteiger partial charge in [-0.25, -0.2) is 0 Å². The fraction of sp³-hybridized carbons (Fsp3) is 0.471. The van der Waals surface area contributed by atoms with Crippen LogP contribution < -0.4 is 0 Å². The Balaban J connectivity index is 2.86. The van der Waals surface area contributed by atoms with Crippen molar-refractivity contribution in [3.05, 3.63) is 48.6 Å². The molecule has 0 aliphatic carbocycles. The quantitative estimate of drug-likeness (QED) is 0.653. The Bertz CT molecular complexity index is 405. The van der Waals surface area contributed by atoms with Gasteiger partial charge in [-0.1, -0.05) is 49.8 Å². The molecule has 0 fully saturated rings. The Morgan fingerprint density at radius 3 is 2.58 bits per heavy atom. The zero-order chi connectivity index (χ0) is 14.1. The maximum atomic E-state index is 9.25. The number of rotatable bonds is 8. The van der Waals surface area contributed by atoms with Crippen molar-refractivity contribution in [2.75, 3.05) is 0 Å². The van der Waals surface area contributed by atoms with Gasteiger partial charge in [-0.05, 0) is 25.3 Å². The topological polar surface area (TPSA) is 27.0 Å². The maximum absolute atomic E-state index is 9.25. The minimum atomic E-state index is -0.0725. The summed E-state index contributed by atoms with van der Waals surface area (Å²) in [6, 6.07) is 13.1. The van der Waals surface area contributed by atoms with E-state index in [4.69, 9.17) is 0 Å². The molecule has 0 radical (unpaired) electrons. The molecule has 0 aliphatic heterocycles. The molecule has 0 saturated carbocycles. The molecule has 2 atom stereocenters. The monoisotopic (exact) mass is 256 g/mol. The van der Waals surface area contributed by atoms with Crippen molar-refractivity contribution in [2.24, 2.45) is 0 Å². The molecule has 0 saturated heterocycles. The molecule has 1 rings (SSSR count). The number of hydrogen-bond acceptors (Lipinski definition) is 2. The van der Waals surface area contributed by atoms with E-state index in [0.29, 0.717) is 6.04 Å². The van der Waals surface area contributed by atoms with E-state index in [-0.39, 0.29) is 6.04 Å². The van der Waals surface area contributed by atoms with Crippen LogP contribution in [0.25, 0.3) is 0 Å². The average molecular weight is 256 g/mol. The van der Waals surface area contributed by atoms with E-state index in [1.54, 1.807) is 0 Å². The predicted octanol–water partition coefficient (Wildman–Crippen LogP) is 4.15. The molecule has 0 bridgehead atoms. The molecule has 0 aromatic heterocycles. The van der Waals surface area contributed by atoms with Crippen molar-refractivity contribution in [3.8, 4) is 6.07 Å². The first-order valence-corrected chi connectivity index (χ1v) is 7.03. The van der Waals surface area contributed by atoms with E-state index >= 15 is 0 Å². The van der Waals surface area contributed by atoms with Gasteiger partial charge in [0, 0.05) is 12.6 Å². The number of hydrogen-bond donors (Lipinski definition) is 0. The van der Waals surface area contributed by atoms with Crippen LogP contribution in [0.3, 0.4) is 0 Å². The highest BCUT2D eigenvalue weighted by Crippen LogP contribution is 2.18. The van der Waals surface area contributed by atoms with Crippen LogP contribution in [0, 0.1) is 11.3 Å². The molecule has 2 nitrogen and oxygen atoms in total. The lowest BCUT2D eigenvalue weighted by Crippen LogP contribution is -2.40. The summed E-state index contributed by atoms with van der Waals surface area (Å²) < 4.78 is 0. The first-order chi connectivity index (χ1) is 9.22. The third-order valence-electron chi connectivity index (χ3n) is 3.42. The van der Waals surface area contributed by atoms with E-state index in [2.05, 4.69) is 36.6 Å². The number of nitrogens with zero attached hydrogens (tertiary/aromatic N) is 2. The van der Waals surface area contributed by atoms with Gasteiger partial charge in [0.05, 0.1) is 12.1 Å². The Morgan fingerprint density at radius 2 is 2.05 bits per heavy atom. The van der Waals surface area contributed by atoms with Gasteiger partial charge < -0.3 is 0 Å². The summed E-state index contributed by atoms with van der Waals surface area (Å²) in [6.45, 7) is 8.84. The van der Waals surface area contributed by atoms with Gasteiger partial charge >= 0.3 is 0 Å². The molecule has 1 aromatic rings. The predicted molar refractivity (Wildman–Crippen MR) is 80.6 cm³/mol. The van der Waals surface area contributed by atoms with Gasteiger partial charge in [-0.2, -0.15) is 5.26 Å². The summed E-state index contributed by atoms with van der Waals surface area (Å²) in [4.78, 5) is 2.29. The van der Waals surface area contributed by atoms with Crippen molar-refractivity contribution in [1.82, 2.24) is 4.90 Å². The summed E-state index contributed by atoms with van der Waals surface area (Å²) >= 11 is 0. The molecular formula is C17H24N2. The highest BCUT2D eigenvalue weighted by molar-refractivity contribution is 5.15. The lowest BCUT2D eigenvalue weighted by atomic mass is 10.0. The summed E-state index contributed by atoms with van der Waals surface area (Å²) in [5, 5.41) is 9.25. The Morgan fingerprint density at radius 1 is 1.37 bits per heavy atom. The van der Waals surface area contributed by atoms with E-state index in [0.717, 1.165) is 25.8 Å². The first kappa shape index (κ1) is 15.5. The van der Waals surface area contributed by atoms with Gasteiger partial charge in [0.15, 0.2) is 0 Å². The molecule has 1 aromatic carbocycles. The molecular weight excluding hydrogens is 232 g/mol. The molecule has 102 valence electrons. The van der Waals surface area contributed by atoms with Crippen molar-refractivity contribution < 1.29 is 0 Å². The molecule has 0 amide bonds. The fourth-order valence-electron chi connectivity index (χ4n) is 2.40. The Kier molecular flexibility index (Phi) is 6.92. The van der Waals surface area contributed by atoms with Gasteiger partial charge in [0.1, 0.15) is 0 Å². The zero-order valence-corrected chi connectivity index (χ0v) is 12.0. The van der Waals surface area contributed by atoms with Crippen LogP contribution in [0.15, 0.2) is 43.0 Å². The molecule has 2 unspecified atom stereocenters. The van der Waals surface area contributed by atoms with Gasteiger partial charge in [0.2, 0.25) is 0 Å². The molecule has 0 spiro atoms. The molecule has 19 heavy (non-hydrogen) atoms. The smallest absolute Gasteiger partial charge is 0.0954 e. The highest BCUT2D eigenvalue weighted by Gasteiger charge is 2.22. The highest BCUT2D eigenvalue weighted by atomic mass is 15.2. The standard InChI is InChI=1S/C17H24N2/c1-4-9-17(10-5-2)19(15(3)13-18)14-16-11-7-6-8-12-16/h4,6-8,11-12,15,17H,1,5,9-10,14H2,2-3H3. The van der Waals surface area contributed by atoms with E-state index in [9.17, 15) is 5.26 Å². The van der Waals surface area contributed by atoms with Crippen LogP contribution in [0.2, 0.25) is 0 Å². The largest absolute Gasteiger partial charge is 0.281 e. The third-order valence-corrected chi connectivity index (χ3v) is 3.42. The van der Waals surface area contributed by atoms with Crippen molar-refractivity contribution in [3.63, 3.8) is 0 Å². The average Bonchev–Trinajstić information content (AvgIpc) is 2.45. The Labute approximate surface area is 117 Å². The van der Waals surface area contributed by atoms with Gasteiger partial charge in [-0.15, -0.1) is 6.58 Å². The van der Waals surface area contributed by atoms with Crippen molar-refractivity contribution in [1.29, 1.82) is 5.26 Å². The minimum absolute atomic E-state index is 0.0725. The SMILES string of the molecule is C=CCC(CCC)N(Cc1ccccc1)C(C)C#N. The molecule has 0 heterocycles. The number of nitriles is 1. The molecule has 0 aliphatic rings. The van der Waals surface area contributed by atoms with E-state index < -0.39 is 0 Å². The van der Waals surface area contributed by atoms with Crippen LogP contribution in [-0.4, -0.2) is 17.0 Å². The van der Waals surface area contributed by atoms with Crippen LogP contribution in [0.1, 0.15) is 38.7 Å². The van der Waals surface area contributed by atoms with Crippen LogP contribution in [-0.2, 0) is 6.54 Å². The van der Waals surface area contributed by atoms with E-state index in [1.807, 2.05) is 31.2 Å². The maximum Gasteiger partial charge on any atom is 0.0954 e. The molecule has 0 N–H and O–H groups in total. The van der Waals surface area contributed by atoms with Crippen molar-refractivity contribution >= 4 is 0 Å². The summed E-state index contributed by atoms with van der Waals surface area (Å²) in [5.74, 6) is 0. The second-order valence-corrected chi connectivity index (χ2v) is 4.93. The van der Waals surface area contributed by atoms with Gasteiger partial charge in [-0.3, -0.25) is 4.90 Å². The zero-order valence-electron chi connectivity index (χ0n) is 12.0. The van der Waals surface area contributed by atoms with E-state index in [1.165, 1.54) is 5.56 Å². The van der Waals surface area contributed by atoms with Crippen LogP contribution >= 0.6 is 0 Å². The summed E-state index contributed by atoms with van der Waals surface area (Å²) in [7, 11) is 0.